The van der Waals surface area contributed by atoms with Gasteiger partial charge in [0, 0.05) is 0 Å². The first-order chi connectivity index (χ1) is 9.15. The molecule has 0 saturated heterocycles. The lowest BCUT2D eigenvalue weighted by atomic mass is 10.3. The maximum Gasteiger partial charge on any atom is 0.441 e. The third-order valence-electron chi connectivity index (χ3n) is 2.80. The van der Waals surface area contributed by atoms with E-state index >= 15 is 0 Å². The summed E-state index contributed by atoms with van der Waals surface area (Å²) in [6.07, 6.45) is 0. The lowest BCUT2D eigenvalue weighted by Crippen LogP contribution is -2.17. The number of aryl methyl sites for hydroxylation is 2. The molecule has 0 unspecified atom stereocenters. The van der Waals surface area contributed by atoms with Crippen LogP contribution in [-0.4, -0.2) is 14.7 Å². The molecule has 3 heterocycles. The van der Waals surface area contributed by atoms with Crippen molar-refractivity contribution in [3.63, 3.8) is 0 Å². The van der Waals surface area contributed by atoms with Gasteiger partial charge < -0.3 is 4.42 Å². The van der Waals surface area contributed by atoms with Crippen LogP contribution in [0.2, 0.25) is 0 Å². The Morgan fingerprint density at radius 3 is 2.89 bits per heavy atom. The summed E-state index contributed by atoms with van der Waals surface area (Å²) in [5, 5.41) is 5.58. The van der Waals surface area contributed by atoms with Gasteiger partial charge in [-0.1, -0.05) is 11.2 Å². The third kappa shape index (κ3) is 2.12. The average Bonchev–Trinajstić information content (AvgIpc) is 3.07. The first kappa shape index (κ1) is 11.9. The van der Waals surface area contributed by atoms with Gasteiger partial charge in [0.05, 0.1) is 11.4 Å². The quantitative estimate of drug-likeness (QED) is 0.733. The number of aromatic nitrogens is 3. The SMILES string of the molecule is Cc1oc(-c2cccs2)nc1Cn1c(C)noc1=O. The van der Waals surface area contributed by atoms with E-state index in [1.54, 1.807) is 18.3 Å². The van der Waals surface area contributed by atoms with Crippen LogP contribution >= 0.6 is 11.3 Å². The number of nitrogens with zero attached hydrogens (tertiary/aromatic N) is 3. The summed E-state index contributed by atoms with van der Waals surface area (Å²) in [6, 6.07) is 3.88. The molecule has 7 heteroatoms. The van der Waals surface area contributed by atoms with Crippen LogP contribution in [0, 0.1) is 13.8 Å². The molecule has 0 aliphatic carbocycles. The van der Waals surface area contributed by atoms with Crippen LogP contribution < -0.4 is 5.76 Å². The number of hydrogen-bond acceptors (Lipinski definition) is 6. The molecular formula is C12H11N3O3S. The summed E-state index contributed by atoms with van der Waals surface area (Å²) >= 11 is 1.56. The second-order valence-corrected chi connectivity index (χ2v) is 5.03. The van der Waals surface area contributed by atoms with Crippen LogP contribution in [0.4, 0.5) is 0 Å². The molecule has 0 fully saturated rings. The fraction of sp³-hybridized carbons (Fsp3) is 0.250. The summed E-state index contributed by atoms with van der Waals surface area (Å²) in [5.41, 5.74) is 0.705. The third-order valence-corrected chi connectivity index (χ3v) is 3.66. The standard InChI is InChI=1S/C12H11N3O3S/c1-7-9(6-15-8(2)14-18-12(15)16)13-11(17-7)10-4-3-5-19-10/h3-5H,6H2,1-2H3. The minimum absolute atomic E-state index is 0.300. The van der Waals surface area contributed by atoms with E-state index in [4.69, 9.17) is 4.42 Å². The van der Waals surface area contributed by atoms with E-state index in [0.717, 1.165) is 4.88 Å². The highest BCUT2D eigenvalue weighted by atomic mass is 32.1. The van der Waals surface area contributed by atoms with E-state index in [0.29, 0.717) is 29.7 Å². The topological polar surface area (TPSA) is 74.1 Å². The second-order valence-electron chi connectivity index (χ2n) is 4.08. The molecule has 0 atom stereocenters. The Bertz CT molecular complexity index is 752. The Kier molecular flexibility index (Phi) is 2.83. The molecule has 0 bridgehead atoms. The summed E-state index contributed by atoms with van der Waals surface area (Å²) in [4.78, 5) is 16.9. The maximum atomic E-state index is 11.5. The van der Waals surface area contributed by atoms with E-state index in [2.05, 4.69) is 14.7 Å². The largest absolute Gasteiger partial charge is 0.441 e. The lowest BCUT2D eigenvalue weighted by Gasteiger charge is -1.97. The maximum absolute atomic E-state index is 11.5. The lowest BCUT2D eigenvalue weighted by molar-refractivity contribution is 0.375. The molecule has 0 spiro atoms. The van der Waals surface area contributed by atoms with Gasteiger partial charge in [0.25, 0.3) is 0 Å². The highest BCUT2D eigenvalue weighted by molar-refractivity contribution is 7.13. The zero-order chi connectivity index (χ0) is 13.4. The van der Waals surface area contributed by atoms with Crippen LogP contribution in [0.3, 0.4) is 0 Å². The summed E-state index contributed by atoms with van der Waals surface area (Å²) in [5.74, 6) is 1.29. The second kappa shape index (κ2) is 4.51. The van der Waals surface area contributed by atoms with Gasteiger partial charge >= 0.3 is 5.76 Å². The molecule has 6 nitrogen and oxygen atoms in total. The number of thiophene rings is 1. The Morgan fingerprint density at radius 1 is 1.42 bits per heavy atom. The highest BCUT2D eigenvalue weighted by Crippen LogP contribution is 2.26. The molecule has 3 aromatic rings. The Morgan fingerprint density at radius 2 is 2.26 bits per heavy atom. The summed E-state index contributed by atoms with van der Waals surface area (Å²) < 4.78 is 11.6. The van der Waals surface area contributed by atoms with Crippen molar-refractivity contribution >= 4 is 11.3 Å². The number of hydrogen-bond donors (Lipinski definition) is 0. The number of oxazole rings is 1. The van der Waals surface area contributed by atoms with E-state index < -0.39 is 5.76 Å². The van der Waals surface area contributed by atoms with Crippen molar-refractivity contribution in [3.05, 3.63) is 45.3 Å². The average molecular weight is 277 g/mol. The van der Waals surface area contributed by atoms with Gasteiger partial charge in [-0.3, -0.25) is 9.09 Å². The fourth-order valence-corrected chi connectivity index (χ4v) is 2.39. The molecular weight excluding hydrogens is 266 g/mol. The minimum Gasteiger partial charge on any atom is -0.440 e. The van der Waals surface area contributed by atoms with Gasteiger partial charge in [-0.25, -0.2) is 9.78 Å². The molecule has 0 saturated carbocycles. The Hall–Kier alpha value is -2.15. The van der Waals surface area contributed by atoms with Crippen LogP contribution in [-0.2, 0) is 6.54 Å². The predicted molar refractivity (Wildman–Crippen MR) is 69.2 cm³/mol. The van der Waals surface area contributed by atoms with Gasteiger partial charge in [-0.05, 0) is 25.3 Å². The zero-order valence-electron chi connectivity index (χ0n) is 10.4. The molecule has 0 N–H and O–H groups in total. The Labute approximate surface area is 112 Å². The smallest absolute Gasteiger partial charge is 0.440 e. The molecule has 98 valence electrons. The number of rotatable bonds is 3. The first-order valence-corrected chi connectivity index (χ1v) is 6.56. The monoisotopic (exact) mass is 277 g/mol. The minimum atomic E-state index is -0.488. The predicted octanol–water partition coefficient (Wildman–Crippen LogP) is 2.22. The van der Waals surface area contributed by atoms with Gasteiger partial charge in [0.15, 0.2) is 5.82 Å². The van der Waals surface area contributed by atoms with E-state index in [9.17, 15) is 4.79 Å². The molecule has 19 heavy (non-hydrogen) atoms. The molecule has 3 aromatic heterocycles. The molecule has 0 aromatic carbocycles. The van der Waals surface area contributed by atoms with E-state index in [-0.39, 0.29) is 0 Å². The Balaban J connectivity index is 1.96. The van der Waals surface area contributed by atoms with Crippen LogP contribution in [0.1, 0.15) is 17.3 Å². The highest BCUT2D eigenvalue weighted by Gasteiger charge is 2.15. The van der Waals surface area contributed by atoms with E-state index in [1.165, 1.54) is 4.57 Å². The summed E-state index contributed by atoms with van der Waals surface area (Å²) in [7, 11) is 0. The van der Waals surface area contributed by atoms with Gasteiger partial charge in [0.2, 0.25) is 5.89 Å². The van der Waals surface area contributed by atoms with E-state index in [1.807, 2.05) is 24.4 Å². The van der Waals surface area contributed by atoms with Crippen molar-refractivity contribution in [2.24, 2.45) is 0 Å². The first-order valence-electron chi connectivity index (χ1n) is 5.68. The van der Waals surface area contributed by atoms with Crippen molar-refractivity contribution in [1.29, 1.82) is 0 Å². The van der Waals surface area contributed by atoms with Crippen molar-refractivity contribution in [3.8, 4) is 10.8 Å². The van der Waals surface area contributed by atoms with Crippen molar-refractivity contribution in [1.82, 2.24) is 14.7 Å². The normalized spacial score (nSPS) is 11.1. The molecule has 0 radical (unpaired) electrons. The molecule has 3 rings (SSSR count). The summed E-state index contributed by atoms with van der Waals surface area (Å²) in [6.45, 7) is 3.84. The molecule has 0 aliphatic heterocycles. The van der Waals surface area contributed by atoms with Gasteiger partial charge in [-0.15, -0.1) is 11.3 Å². The fourth-order valence-electron chi connectivity index (χ4n) is 1.74. The van der Waals surface area contributed by atoms with Crippen LogP contribution in [0.15, 0.2) is 31.2 Å². The van der Waals surface area contributed by atoms with Crippen molar-refractivity contribution < 1.29 is 8.94 Å². The van der Waals surface area contributed by atoms with Crippen molar-refractivity contribution in [2.75, 3.05) is 0 Å². The van der Waals surface area contributed by atoms with Gasteiger partial charge in [-0.2, -0.15) is 0 Å². The zero-order valence-corrected chi connectivity index (χ0v) is 11.2. The van der Waals surface area contributed by atoms with Gasteiger partial charge in [0.1, 0.15) is 11.5 Å². The molecule has 0 amide bonds. The van der Waals surface area contributed by atoms with Crippen molar-refractivity contribution in [2.45, 2.75) is 20.4 Å². The molecule has 0 aliphatic rings. The van der Waals surface area contributed by atoms with Crippen LogP contribution in [0.25, 0.3) is 10.8 Å². The van der Waals surface area contributed by atoms with Crippen LogP contribution in [0.5, 0.6) is 0 Å².